The van der Waals surface area contributed by atoms with E-state index < -0.39 is 5.97 Å². The molecule has 3 N–H and O–H groups in total. The van der Waals surface area contributed by atoms with E-state index in [1.54, 1.807) is 29.2 Å². The maximum absolute atomic E-state index is 12.3. The van der Waals surface area contributed by atoms with E-state index in [9.17, 15) is 14.7 Å². The second kappa shape index (κ2) is 6.58. The summed E-state index contributed by atoms with van der Waals surface area (Å²) in [5.74, 6) is -0.633. The van der Waals surface area contributed by atoms with E-state index in [1.165, 1.54) is 0 Å². The molecule has 0 aliphatic carbocycles. The fourth-order valence-corrected chi connectivity index (χ4v) is 2.67. The number of rotatable bonds is 4. The lowest BCUT2D eigenvalue weighted by atomic mass is 10.0. The van der Waals surface area contributed by atoms with Gasteiger partial charge in [-0.3, -0.25) is 4.79 Å². The number of carboxylic acids is 1. The molecule has 1 aliphatic rings. The quantitative estimate of drug-likeness (QED) is 0.785. The van der Waals surface area contributed by atoms with Crippen LogP contribution >= 0.6 is 0 Å². The number of likely N-dealkylation sites (tertiary alicyclic amines) is 1. The maximum atomic E-state index is 12.3. The van der Waals surface area contributed by atoms with Crippen LogP contribution in [0.3, 0.4) is 0 Å². The highest BCUT2D eigenvalue weighted by Crippen LogP contribution is 2.24. The molecule has 6 nitrogen and oxygen atoms in total. The third-order valence-corrected chi connectivity index (χ3v) is 3.86. The predicted octanol–water partition coefficient (Wildman–Crippen LogP) is 1.55. The molecule has 1 fully saturated rings. The van der Waals surface area contributed by atoms with Crippen molar-refractivity contribution in [2.75, 3.05) is 18.5 Å². The van der Waals surface area contributed by atoms with Gasteiger partial charge in [0.05, 0.1) is 19.1 Å². The first kappa shape index (κ1) is 15.3. The SMILES string of the molecule is CC1CCN(C(=O)Nc2cccc(CC(=O)O)c2)C1CO. The Morgan fingerprint density at radius 1 is 1.43 bits per heavy atom. The normalized spacial score (nSPS) is 21.3. The van der Waals surface area contributed by atoms with Crippen molar-refractivity contribution < 1.29 is 19.8 Å². The van der Waals surface area contributed by atoms with Crippen LogP contribution in [0.1, 0.15) is 18.9 Å². The molecule has 2 unspecified atom stereocenters. The molecule has 0 aromatic heterocycles. The molecule has 0 bridgehead atoms. The number of urea groups is 1. The van der Waals surface area contributed by atoms with Gasteiger partial charge in [0.25, 0.3) is 0 Å². The molecule has 2 amide bonds. The number of carbonyl (C=O) groups is 2. The average molecular weight is 292 g/mol. The lowest BCUT2D eigenvalue weighted by Crippen LogP contribution is -2.42. The molecule has 1 heterocycles. The Bertz CT molecular complexity index is 532. The third-order valence-electron chi connectivity index (χ3n) is 3.86. The van der Waals surface area contributed by atoms with Crippen LogP contribution in [0.5, 0.6) is 0 Å². The van der Waals surface area contributed by atoms with Crippen molar-refractivity contribution in [2.24, 2.45) is 5.92 Å². The smallest absolute Gasteiger partial charge is 0.322 e. The first-order valence-electron chi connectivity index (χ1n) is 7.00. The summed E-state index contributed by atoms with van der Waals surface area (Å²) in [6, 6.07) is 6.37. The molecule has 1 aliphatic heterocycles. The molecule has 0 spiro atoms. The average Bonchev–Trinajstić information content (AvgIpc) is 2.79. The minimum atomic E-state index is -0.910. The van der Waals surface area contributed by atoms with Gasteiger partial charge in [-0.05, 0) is 30.0 Å². The molecule has 0 saturated carbocycles. The number of amides is 2. The van der Waals surface area contributed by atoms with E-state index in [0.717, 1.165) is 6.42 Å². The number of anilines is 1. The Balaban J connectivity index is 2.04. The fraction of sp³-hybridized carbons (Fsp3) is 0.467. The minimum Gasteiger partial charge on any atom is -0.481 e. The number of aliphatic hydroxyl groups is 1. The molecule has 6 heteroatoms. The second-order valence-corrected chi connectivity index (χ2v) is 5.41. The van der Waals surface area contributed by atoms with Crippen LogP contribution in [-0.2, 0) is 11.2 Å². The Hall–Kier alpha value is -2.08. The summed E-state index contributed by atoms with van der Waals surface area (Å²) >= 11 is 0. The number of benzene rings is 1. The van der Waals surface area contributed by atoms with Gasteiger partial charge in [0.2, 0.25) is 0 Å². The molecule has 2 rings (SSSR count). The zero-order chi connectivity index (χ0) is 15.4. The van der Waals surface area contributed by atoms with Crippen molar-refractivity contribution in [3.63, 3.8) is 0 Å². The number of hydrogen-bond acceptors (Lipinski definition) is 3. The van der Waals surface area contributed by atoms with Crippen LogP contribution in [0.2, 0.25) is 0 Å². The van der Waals surface area contributed by atoms with Gasteiger partial charge in [-0.15, -0.1) is 0 Å². The summed E-state index contributed by atoms with van der Waals surface area (Å²) in [4.78, 5) is 24.6. The monoisotopic (exact) mass is 292 g/mol. The Morgan fingerprint density at radius 2 is 2.19 bits per heavy atom. The van der Waals surface area contributed by atoms with E-state index in [4.69, 9.17) is 5.11 Å². The van der Waals surface area contributed by atoms with E-state index >= 15 is 0 Å². The number of aliphatic carboxylic acids is 1. The molecular formula is C15H20N2O4. The van der Waals surface area contributed by atoms with E-state index in [0.29, 0.717) is 17.8 Å². The number of aliphatic hydroxyl groups excluding tert-OH is 1. The highest BCUT2D eigenvalue weighted by Gasteiger charge is 2.33. The summed E-state index contributed by atoms with van der Waals surface area (Å²) < 4.78 is 0. The van der Waals surface area contributed by atoms with Crippen LogP contribution in [-0.4, -0.2) is 46.3 Å². The van der Waals surface area contributed by atoms with Crippen LogP contribution in [0, 0.1) is 5.92 Å². The lowest BCUT2D eigenvalue weighted by Gasteiger charge is -2.25. The highest BCUT2D eigenvalue weighted by atomic mass is 16.4. The second-order valence-electron chi connectivity index (χ2n) is 5.41. The Morgan fingerprint density at radius 3 is 2.86 bits per heavy atom. The van der Waals surface area contributed by atoms with Gasteiger partial charge >= 0.3 is 12.0 Å². The van der Waals surface area contributed by atoms with Gasteiger partial charge in [0.1, 0.15) is 0 Å². The first-order valence-corrected chi connectivity index (χ1v) is 7.00. The van der Waals surface area contributed by atoms with Crippen molar-refractivity contribution in [1.29, 1.82) is 0 Å². The molecule has 1 aromatic carbocycles. The van der Waals surface area contributed by atoms with Crippen LogP contribution < -0.4 is 5.32 Å². The van der Waals surface area contributed by atoms with Gasteiger partial charge in [-0.1, -0.05) is 19.1 Å². The van der Waals surface area contributed by atoms with Crippen molar-refractivity contribution in [2.45, 2.75) is 25.8 Å². The van der Waals surface area contributed by atoms with Gasteiger partial charge < -0.3 is 20.4 Å². The van der Waals surface area contributed by atoms with E-state index in [2.05, 4.69) is 5.32 Å². The number of nitrogens with zero attached hydrogens (tertiary/aromatic N) is 1. The Kier molecular flexibility index (Phi) is 4.80. The Labute approximate surface area is 123 Å². The topological polar surface area (TPSA) is 89.9 Å². The maximum Gasteiger partial charge on any atom is 0.322 e. The third kappa shape index (κ3) is 3.72. The van der Waals surface area contributed by atoms with Crippen molar-refractivity contribution in [1.82, 2.24) is 4.90 Å². The molecular weight excluding hydrogens is 272 g/mol. The summed E-state index contributed by atoms with van der Waals surface area (Å²) in [7, 11) is 0. The fourth-order valence-electron chi connectivity index (χ4n) is 2.67. The van der Waals surface area contributed by atoms with Crippen molar-refractivity contribution in [3.8, 4) is 0 Å². The summed E-state index contributed by atoms with van der Waals surface area (Å²) in [6.45, 7) is 2.59. The molecule has 21 heavy (non-hydrogen) atoms. The first-order chi connectivity index (χ1) is 10.0. The molecule has 114 valence electrons. The van der Waals surface area contributed by atoms with Gasteiger partial charge in [-0.25, -0.2) is 4.79 Å². The van der Waals surface area contributed by atoms with Crippen molar-refractivity contribution >= 4 is 17.7 Å². The van der Waals surface area contributed by atoms with E-state index in [-0.39, 0.29) is 31.0 Å². The summed E-state index contributed by atoms with van der Waals surface area (Å²) in [5, 5.41) is 20.9. The number of nitrogens with one attached hydrogen (secondary N) is 1. The minimum absolute atomic E-state index is 0.0480. The van der Waals surface area contributed by atoms with Gasteiger partial charge in [0, 0.05) is 12.2 Å². The molecule has 0 radical (unpaired) electrons. The largest absolute Gasteiger partial charge is 0.481 e. The predicted molar refractivity (Wildman–Crippen MR) is 78.2 cm³/mol. The van der Waals surface area contributed by atoms with Crippen LogP contribution in [0.15, 0.2) is 24.3 Å². The van der Waals surface area contributed by atoms with Gasteiger partial charge in [0.15, 0.2) is 0 Å². The van der Waals surface area contributed by atoms with E-state index in [1.807, 2.05) is 6.92 Å². The molecule has 1 aromatic rings. The number of carboxylic acid groups (broad SMARTS) is 1. The van der Waals surface area contributed by atoms with Crippen LogP contribution in [0.4, 0.5) is 10.5 Å². The van der Waals surface area contributed by atoms with Gasteiger partial charge in [-0.2, -0.15) is 0 Å². The zero-order valence-electron chi connectivity index (χ0n) is 12.0. The lowest BCUT2D eigenvalue weighted by molar-refractivity contribution is -0.136. The van der Waals surface area contributed by atoms with Crippen LogP contribution in [0.25, 0.3) is 0 Å². The standard InChI is InChI=1S/C15H20N2O4/c1-10-5-6-17(13(10)9-18)15(21)16-12-4-2-3-11(7-12)8-14(19)20/h2-4,7,10,13,18H,5-6,8-9H2,1H3,(H,16,21)(H,19,20). The zero-order valence-corrected chi connectivity index (χ0v) is 12.0. The van der Waals surface area contributed by atoms with Crippen molar-refractivity contribution in [3.05, 3.63) is 29.8 Å². The highest BCUT2D eigenvalue weighted by molar-refractivity contribution is 5.90. The summed E-state index contributed by atoms with van der Waals surface area (Å²) in [6.07, 6.45) is 0.793. The molecule has 2 atom stereocenters. The summed E-state index contributed by atoms with van der Waals surface area (Å²) in [5.41, 5.74) is 1.20. The molecule has 1 saturated heterocycles. The number of hydrogen-bond donors (Lipinski definition) is 3. The number of carbonyl (C=O) groups excluding carboxylic acids is 1.